The smallest absolute Gasteiger partial charge is 0.227 e. The lowest BCUT2D eigenvalue weighted by Crippen LogP contribution is -2.30. The van der Waals surface area contributed by atoms with Crippen LogP contribution in [-0.2, 0) is 20.8 Å². The van der Waals surface area contributed by atoms with Crippen LogP contribution in [0.15, 0.2) is 48.5 Å². The van der Waals surface area contributed by atoms with Gasteiger partial charge in [-0.1, -0.05) is 24.3 Å². The van der Waals surface area contributed by atoms with Crippen molar-refractivity contribution in [2.24, 2.45) is 5.92 Å². The Morgan fingerprint density at radius 3 is 2.58 bits per heavy atom. The molecule has 0 bridgehead atoms. The first-order chi connectivity index (χ1) is 12.5. The van der Waals surface area contributed by atoms with Crippen molar-refractivity contribution < 1.29 is 14.4 Å². The van der Waals surface area contributed by atoms with Crippen molar-refractivity contribution in [1.82, 2.24) is 0 Å². The standard InChI is InChI=1S/C20H21N3O3/c1-13(24)21-16-6-4-7-17(12-16)22-19(25)10-9-15-11-14-5-2-3-8-18(14)23-20(15)26/h2-8,12,15H,9-11H2,1H3,(H,21,24)(H,22,25)(H,23,26). The Bertz CT molecular complexity index is 848. The third kappa shape index (κ3) is 4.47. The Morgan fingerprint density at radius 2 is 1.81 bits per heavy atom. The number of hydrogen-bond donors (Lipinski definition) is 3. The first-order valence-corrected chi connectivity index (χ1v) is 8.57. The number of amides is 3. The molecule has 6 nitrogen and oxygen atoms in total. The molecule has 1 atom stereocenters. The molecular formula is C20H21N3O3. The Morgan fingerprint density at radius 1 is 1.08 bits per heavy atom. The van der Waals surface area contributed by atoms with Crippen LogP contribution in [0.3, 0.4) is 0 Å². The minimum Gasteiger partial charge on any atom is -0.326 e. The predicted octanol–water partition coefficient (Wildman–Crippen LogP) is 3.17. The second kappa shape index (κ2) is 7.82. The van der Waals surface area contributed by atoms with E-state index in [0.717, 1.165) is 11.3 Å². The maximum Gasteiger partial charge on any atom is 0.227 e. The quantitative estimate of drug-likeness (QED) is 0.773. The molecule has 26 heavy (non-hydrogen) atoms. The average molecular weight is 351 g/mol. The first kappa shape index (κ1) is 17.7. The molecule has 1 unspecified atom stereocenters. The lowest BCUT2D eigenvalue weighted by atomic mass is 9.89. The van der Waals surface area contributed by atoms with Gasteiger partial charge in [0.1, 0.15) is 0 Å². The van der Waals surface area contributed by atoms with Crippen molar-refractivity contribution in [3.8, 4) is 0 Å². The summed E-state index contributed by atoms with van der Waals surface area (Å²) in [6.45, 7) is 1.43. The number of carbonyl (C=O) groups is 3. The molecular weight excluding hydrogens is 330 g/mol. The molecule has 3 N–H and O–H groups in total. The van der Waals surface area contributed by atoms with Crippen molar-refractivity contribution in [2.75, 3.05) is 16.0 Å². The molecule has 1 heterocycles. The van der Waals surface area contributed by atoms with Gasteiger partial charge >= 0.3 is 0 Å². The molecule has 0 fully saturated rings. The van der Waals surface area contributed by atoms with Gasteiger partial charge in [-0.25, -0.2) is 0 Å². The van der Waals surface area contributed by atoms with Crippen LogP contribution in [0.25, 0.3) is 0 Å². The molecule has 3 amide bonds. The molecule has 134 valence electrons. The van der Waals surface area contributed by atoms with Gasteiger partial charge in [0.25, 0.3) is 0 Å². The van der Waals surface area contributed by atoms with E-state index in [9.17, 15) is 14.4 Å². The fourth-order valence-corrected chi connectivity index (χ4v) is 3.05. The maximum atomic E-state index is 12.2. The van der Waals surface area contributed by atoms with E-state index in [2.05, 4.69) is 16.0 Å². The molecule has 3 rings (SSSR count). The summed E-state index contributed by atoms with van der Waals surface area (Å²) in [7, 11) is 0. The highest BCUT2D eigenvalue weighted by Crippen LogP contribution is 2.27. The van der Waals surface area contributed by atoms with Crippen LogP contribution >= 0.6 is 0 Å². The molecule has 1 aliphatic rings. The minimum absolute atomic E-state index is 0.0378. The number of nitrogens with one attached hydrogen (secondary N) is 3. The lowest BCUT2D eigenvalue weighted by molar-refractivity contribution is -0.121. The summed E-state index contributed by atoms with van der Waals surface area (Å²) in [5.41, 5.74) is 3.19. The monoisotopic (exact) mass is 351 g/mol. The maximum absolute atomic E-state index is 12.2. The summed E-state index contributed by atoms with van der Waals surface area (Å²) in [5, 5.41) is 8.38. The number of fused-ring (bicyclic) bond motifs is 1. The Balaban J connectivity index is 1.55. The molecule has 0 saturated heterocycles. The van der Waals surface area contributed by atoms with Crippen LogP contribution in [0.5, 0.6) is 0 Å². The second-order valence-corrected chi connectivity index (χ2v) is 6.40. The Hall–Kier alpha value is -3.15. The fraction of sp³-hybridized carbons (Fsp3) is 0.250. The van der Waals surface area contributed by atoms with Gasteiger partial charge in [0.15, 0.2) is 0 Å². The molecule has 6 heteroatoms. The van der Waals surface area contributed by atoms with Gasteiger partial charge in [0.2, 0.25) is 17.7 Å². The number of para-hydroxylation sites is 1. The minimum atomic E-state index is -0.207. The van der Waals surface area contributed by atoms with Gasteiger partial charge in [-0.15, -0.1) is 0 Å². The lowest BCUT2D eigenvalue weighted by Gasteiger charge is -2.24. The number of rotatable bonds is 5. The molecule has 0 aromatic heterocycles. The number of carbonyl (C=O) groups excluding carboxylic acids is 3. The predicted molar refractivity (Wildman–Crippen MR) is 101 cm³/mol. The highest BCUT2D eigenvalue weighted by Gasteiger charge is 2.26. The fourth-order valence-electron chi connectivity index (χ4n) is 3.05. The third-order valence-electron chi connectivity index (χ3n) is 4.30. The molecule has 0 aliphatic carbocycles. The van der Waals surface area contributed by atoms with E-state index in [0.29, 0.717) is 24.2 Å². The van der Waals surface area contributed by atoms with Crippen molar-refractivity contribution in [3.63, 3.8) is 0 Å². The van der Waals surface area contributed by atoms with Crippen LogP contribution in [0.2, 0.25) is 0 Å². The molecule has 0 saturated carbocycles. The topological polar surface area (TPSA) is 87.3 Å². The molecule has 2 aromatic rings. The zero-order chi connectivity index (χ0) is 18.5. The van der Waals surface area contributed by atoms with Gasteiger partial charge in [-0.3, -0.25) is 14.4 Å². The van der Waals surface area contributed by atoms with Crippen LogP contribution in [-0.4, -0.2) is 17.7 Å². The second-order valence-electron chi connectivity index (χ2n) is 6.40. The molecule has 1 aliphatic heterocycles. The van der Waals surface area contributed by atoms with E-state index < -0.39 is 0 Å². The van der Waals surface area contributed by atoms with E-state index in [1.165, 1.54) is 6.92 Å². The first-order valence-electron chi connectivity index (χ1n) is 8.57. The third-order valence-corrected chi connectivity index (χ3v) is 4.30. The molecule has 0 radical (unpaired) electrons. The van der Waals surface area contributed by atoms with Gasteiger partial charge in [0.05, 0.1) is 0 Å². The van der Waals surface area contributed by atoms with Crippen LogP contribution in [0.4, 0.5) is 17.1 Å². The Kier molecular flexibility index (Phi) is 5.31. The summed E-state index contributed by atoms with van der Waals surface area (Å²) >= 11 is 0. The van der Waals surface area contributed by atoms with E-state index in [4.69, 9.17) is 0 Å². The van der Waals surface area contributed by atoms with E-state index >= 15 is 0 Å². The van der Waals surface area contributed by atoms with Crippen molar-refractivity contribution in [1.29, 1.82) is 0 Å². The van der Waals surface area contributed by atoms with Crippen LogP contribution in [0.1, 0.15) is 25.3 Å². The summed E-state index contributed by atoms with van der Waals surface area (Å²) < 4.78 is 0. The van der Waals surface area contributed by atoms with Gasteiger partial charge in [0, 0.05) is 36.3 Å². The Labute approximate surface area is 152 Å². The van der Waals surface area contributed by atoms with Gasteiger partial charge in [-0.2, -0.15) is 0 Å². The normalized spacial score (nSPS) is 15.6. The highest BCUT2D eigenvalue weighted by atomic mass is 16.2. The number of hydrogen-bond acceptors (Lipinski definition) is 3. The summed E-state index contributed by atoms with van der Waals surface area (Å²) in [6, 6.07) is 14.7. The van der Waals surface area contributed by atoms with Gasteiger partial charge in [-0.05, 0) is 42.7 Å². The van der Waals surface area contributed by atoms with Crippen molar-refractivity contribution >= 4 is 34.8 Å². The molecule has 2 aromatic carbocycles. The average Bonchev–Trinajstić information content (AvgIpc) is 2.59. The molecule has 0 spiro atoms. The van der Waals surface area contributed by atoms with E-state index in [1.807, 2.05) is 24.3 Å². The summed E-state index contributed by atoms with van der Waals surface area (Å²) in [4.78, 5) is 35.5. The number of anilines is 3. The highest BCUT2D eigenvalue weighted by molar-refractivity contribution is 5.97. The summed E-state index contributed by atoms with van der Waals surface area (Å²) in [6.07, 6.45) is 1.38. The number of benzene rings is 2. The van der Waals surface area contributed by atoms with Gasteiger partial charge < -0.3 is 16.0 Å². The SMILES string of the molecule is CC(=O)Nc1cccc(NC(=O)CCC2Cc3ccccc3NC2=O)c1. The van der Waals surface area contributed by atoms with Crippen LogP contribution in [0, 0.1) is 5.92 Å². The van der Waals surface area contributed by atoms with Crippen LogP contribution < -0.4 is 16.0 Å². The zero-order valence-corrected chi connectivity index (χ0v) is 14.5. The van der Waals surface area contributed by atoms with E-state index in [1.54, 1.807) is 24.3 Å². The van der Waals surface area contributed by atoms with Crippen molar-refractivity contribution in [3.05, 3.63) is 54.1 Å². The zero-order valence-electron chi connectivity index (χ0n) is 14.5. The van der Waals surface area contributed by atoms with Crippen molar-refractivity contribution in [2.45, 2.75) is 26.2 Å². The largest absolute Gasteiger partial charge is 0.326 e. The van der Waals surface area contributed by atoms with E-state index in [-0.39, 0.29) is 30.1 Å². The summed E-state index contributed by atoms with van der Waals surface area (Å²) in [5.74, 6) is -0.570.